The topological polar surface area (TPSA) is 58.1 Å². The van der Waals surface area contributed by atoms with E-state index in [1.54, 1.807) is 29.8 Å². The van der Waals surface area contributed by atoms with Gasteiger partial charge in [0.05, 0.1) is 9.72 Å². The predicted octanol–water partition coefficient (Wildman–Crippen LogP) is 5.29. The van der Waals surface area contributed by atoms with Crippen molar-refractivity contribution in [3.8, 4) is 11.5 Å². The number of anilines is 1. The second-order valence-corrected chi connectivity index (χ2v) is 11.1. The maximum atomic E-state index is 13.2. The van der Waals surface area contributed by atoms with Crippen LogP contribution in [0.1, 0.15) is 31.2 Å². The minimum atomic E-state index is 0.0543. The van der Waals surface area contributed by atoms with Gasteiger partial charge in [0.25, 0.3) is 0 Å². The van der Waals surface area contributed by atoms with Gasteiger partial charge in [-0.15, -0.1) is 0 Å². The largest absolute Gasteiger partial charge is 0.454 e. The minimum absolute atomic E-state index is 0.0543. The molecule has 1 aromatic heterocycles. The number of fused-ring (bicyclic) bond motifs is 2. The lowest BCUT2D eigenvalue weighted by atomic mass is 9.98. The number of likely N-dealkylation sites (tertiary alicyclic amines) is 1. The van der Waals surface area contributed by atoms with Crippen molar-refractivity contribution in [3.63, 3.8) is 0 Å². The van der Waals surface area contributed by atoms with Crippen LogP contribution in [0.3, 0.4) is 0 Å². The Morgan fingerprint density at radius 2 is 1.89 bits per heavy atom. The van der Waals surface area contributed by atoms with E-state index in [2.05, 4.69) is 39.0 Å². The van der Waals surface area contributed by atoms with Crippen molar-refractivity contribution in [2.75, 3.05) is 51.0 Å². The van der Waals surface area contributed by atoms with Crippen LogP contribution in [0.2, 0.25) is 5.02 Å². The molecule has 2 saturated heterocycles. The van der Waals surface area contributed by atoms with Gasteiger partial charge in [0.15, 0.2) is 11.5 Å². The normalized spacial score (nSPS) is 20.3. The van der Waals surface area contributed by atoms with Crippen LogP contribution in [-0.4, -0.2) is 72.2 Å². The first-order chi connectivity index (χ1) is 18.2. The van der Waals surface area contributed by atoms with E-state index in [1.165, 1.54) is 16.5 Å². The molecule has 3 aromatic rings. The Balaban J connectivity index is 1.03. The quantitative estimate of drug-likeness (QED) is 0.398. The number of hydrogen-bond acceptors (Lipinski definition) is 7. The molecule has 1 atom stereocenters. The first-order valence-corrected chi connectivity index (χ1v) is 14.2. The fourth-order valence-corrected chi connectivity index (χ4v) is 6.54. The highest BCUT2D eigenvalue weighted by Gasteiger charge is 2.27. The SMILES string of the molecule is O=C(/C=C/c1cc2c(cc1Cl)OCO2)N1CCCC[C@@H]1CCN1CCN(c2nsc3ccccc23)CC1. The van der Waals surface area contributed by atoms with Crippen molar-refractivity contribution < 1.29 is 14.3 Å². The van der Waals surface area contributed by atoms with Crippen molar-refractivity contribution in [1.29, 1.82) is 0 Å². The van der Waals surface area contributed by atoms with Gasteiger partial charge in [0.1, 0.15) is 5.82 Å². The molecule has 2 fully saturated rings. The molecule has 7 nitrogen and oxygen atoms in total. The average molecular weight is 539 g/mol. The monoisotopic (exact) mass is 538 g/mol. The van der Waals surface area contributed by atoms with Crippen molar-refractivity contribution in [3.05, 3.63) is 53.1 Å². The molecule has 3 aliphatic rings. The van der Waals surface area contributed by atoms with Gasteiger partial charge in [0, 0.05) is 62.8 Å². The van der Waals surface area contributed by atoms with E-state index in [4.69, 9.17) is 25.4 Å². The first-order valence-electron chi connectivity index (χ1n) is 13.1. The van der Waals surface area contributed by atoms with Crippen molar-refractivity contribution >= 4 is 51.0 Å². The zero-order valence-electron chi connectivity index (χ0n) is 20.8. The molecule has 0 unspecified atom stereocenters. The van der Waals surface area contributed by atoms with Gasteiger partial charge in [-0.05, 0) is 67.1 Å². The van der Waals surface area contributed by atoms with Crippen LogP contribution in [0.25, 0.3) is 16.2 Å². The maximum absolute atomic E-state index is 13.2. The summed E-state index contributed by atoms with van der Waals surface area (Å²) in [5.74, 6) is 2.48. The van der Waals surface area contributed by atoms with E-state index in [9.17, 15) is 4.79 Å². The average Bonchev–Trinajstić information content (AvgIpc) is 3.57. The summed E-state index contributed by atoms with van der Waals surface area (Å²) in [6.07, 6.45) is 7.75. The van der Waals surface area contributed by atoms with Crippen LogP contribution < -0.4 is 14.4 Å². The summed E-state index contributed by atoms with van der Waals surface area (Å²) in [5, 5.41) is 1.81. The van der Waals surface area contributed by atoms with Crippen LogP contribution in [0, 0.1) is 0 Å². The number of rotatable bonds is 6. The third-order valence-electron chi connectivity index (χ3n) is 7.62. The molecular formula is C28H31ClN4O3S. The Hall–Kier alpha value is -2.81. The fourth-order valence-electron chi connectivity index (χ4n) is 5.52. The number of carbonyl (C=O) groups is 1. The van der Waals surface area contributed by atoms with E-state index in [0.29, 0.717) is 16.5 Å². The van der Waals surface area contributed by atoms with Gasteiger partial charge in [-0.2, -0.15) is 4.37 Å². The summed E-state index contributed by atoms with van der Waals surface area (Å²) in [7, 11) is 0. The van der Waals surface area contributed by atoms with E-state index < -0.39 is 0 Å². The smallest absolute Gasteiger partial charge is 0.246 e. The highest BCUT2D eigenvalue weighted by Crippen LogP contribution is 2.37. The Labute approximate surface area is 226 Å². The lowest BCUT2D eigenvalue weighted by molar-refractivity contribution is -0.129. The lowest BCUT2D eigenvalue weighted by Crippen LogP contribution is -2.49. The molecule has 0 saturated carbocycles. The number of halogens is 1. The second-order valence-electron chi connectivity index (χ2n) is 9.86. The molecule has 194 valence electrons. The molecule has 3 aliphatic heterocycles. The minimum Gasteiger partial charge on any atom is -0.454 e. The molecule has 0 aliphatic carbocycles. The van der Waals surface area contributed by atoms with Gasteiger partial charge in [-0.25, -0.2) is 0 Å². The second kappa shape index (κ2) is 10.9. The van der Waals surface area contributed by atoms with E-state index in [1.807, 2.05) is 6.07 Å². The summed E-state index contributed by atoms with van der Waals surface area (Å²) in [5.41, 5.74) is 0.763. The third-order valence-corrected chi connectivity index (χ3v) is 8.76. The number of ether oxygens (including phenoxy) is 2. The number of amides is 1. The van der Waals surface area contributed by atoms with E-state index in [0.717, 1.165) is 69.9 Å². The van der Waals surface area contributed by atoms with Crippen molar-refractivity contribution in [1.82, 2.24) is 14.2 Å². The molecule has 0 radical (unpaired) electrons. The van der Waals surface area contributed by atoms with Crippen molar-refractivity contribution in [2.45, 2.75) is 31.7 Å². The Kier molecular flexibility index (Phi) is 7.22. The lowest BCUT2D eigenvalue weighted by Gasteiger charge is -2.39. The number of aromatic nitrogens is 1. The van der Waals surface area contributed by atoms with Crippen LogP contribution in [0.5, 0.6) is 11.5 Å². The summed E-state index contributed by atoms with van der Waals surface area (Å²) in [6.45, 7) is 6.04. The van der Waals surface area contributed by atoms with Crippen LogP contribution in [-0.2, 0) is 4.79 Å². The first kappa shape index (κ1) is 24.5. The molecule has 2 aromatic carbocycles. The highest BCUT2D eigenvalue weighted by molar-refractivity contribution is 7.13. The highest BCUT2D eigenvalue weighted by atomic mass is 35.5. The van der Waals surface area contributed by atoms with Gasteiger partial charge in [-0.1, -0.05) is 23.7 Å². The molecule has 6 rings (SSSR count). The Bertz CT molecular complexity index is 1300. The van der Waals surface area contributed by atoms with Crippen LogP contribution in [0.4, 0.5) is 5.82 Å². The maximum Gasteiger partial charge on any atom is 0.246 e. The van der Waals surface area contributed by atoms with Gasteiger partial charge in [0.2, 0.25) is 12.7 Å². The molecule has 37 heavy (non-hydrogen) atoms. The van der Waals surface area contributed by atoms with Gasteiger partial charge >= 0.3 is 0 Å². The number of hydrogen-bond donors (Lipinski definition) is 0. The number of piperidine rings is 1. The van der Waals surface area contributed by atoms with Gasteiger partial charge in [-0.3, -0.25) is 9.69 Å². The van der Waals surface area contributed by atoms with Gasteiger partial charge < -0.3 is 19.3 Å². The number of benzene rings is 2. The van der Waals surface area contributed by atoms with E-state index >= 15 is 0 Å². The molecule has 9 heteroatoms. The number of piperazine rings is 1. The van der Waals surface area contributed by atoms with Crippen molar-refractivity contribution in [2.24, 2.45) is 0 Å². The van der Waals surface area contributed by atoms with E-state index in [-0.39, 0.29) is 18.7 Å². The summed E-state index contributed by atoms with van der Waals surface area (Å²) >= 11 is 7.97. The Morgan fingerprint density at radius 3 is 2.76 bits per heavy atom. The fraction of sp³-hybridized carbons (Fsp3) is 0.429. The molecule has 0 N–H and O–H groups in total. The summed E-state index contributed by atoms with van der Waals surface area (Å²) in [4.78, 5) is 20.2. The molecular weight excluding hydrogens is 508 g/mol. The zero-order chi connectivity index (χ0) is 25.2. The summed E-state index contributed by atoms with van der Waals surface area (Å²) in [6, 6.07) is 12.3. The number of carbonyl (C=O) groups excluding carboxylic acids is 1. The molecule has 1 amide bonds. The third kappa shape index (κ3) is 5.28. The van der Waals surface area contributed by atoms with Crippen LogP contribution >= 0.6 is 23.1 Å². The standard InChI is InChI=1S/C28H31ClN4O3S/c29-23-18-25-24(35-19-36-25)17-20(23)8-9-27(34)33-11-4-3-5-21(33)10-12-31-13-15-32(16-14-31)28-22-6-1-2-7-26(22)37-30-28/h1-2,6-9,17-18,21H,3-5,10-16,19H2/b9-8+/t21-/m1/s1. The predicted molar refractivity (Wildman–Crippen MR) is 149 cm³/mol. The molecule has 0 bridgehead atoms. The molecule has 4 heterocycles. The Morgan fingerprint density at radius 1 is 1.08 bits per heavy atom. The molecule has 0 spiro atoms. The number of nitrogens with zero attached hydrogens (tertiary/aromatic N) is 4. The van der Waals surface area contributed by atoms with Crippen LogP contribution in [0.15, 0.2) is 42.5 Å². The summed E-state index contributed by atoms with van der Waals surface area (Å²) < 4.78 is 16.8. The zero-order valence-corrected chi connectivity index (χ0v) is 22.3.